The lowest BCUT2D eigenvalue weighted by molar-refractivity contribution is -0.157. The highest BCUT2D eigenvalue weighted by Crippen LogP contribution is 2.38. The van der Waals surface area contributed by atoms with Crippen LogP contribution in [0, 0.1) is 35.5 Å². The van der Waals surface area contributed by atoms with E-state index < -0.39 is 5.54 Å². The molecule has 444 valence electrons. The smallest absolute Gasteiger partial charge is 0.306 e. The number of unbranched alkanes of at least 4 members (excludes halogenated alkanes) is 13. The molecule has 6 unspecified atom stereocenters. The molecule has 0 aliphatic heterocycles. The van der Waals surface area contributed by atoms with Gasteiger partial charge in [-0.25, -0.2) is 0 Å². The second-order valence-corrected chi connectivity index (χ2v) is 24.8. The van der Waals surface area contributed by atoms with Crippen molar-refractivity contribution in [2.75, 3.05) is 32.7 Å². The molecule has 2 fully saturated rings. The molecule has 2 rings (SSSR count). The van der Waals surface area contributed by atoms with Crippen LogP contribution in [-0.4, -0.2) is 96.1 Å². The summed E-state index contributed by atoms with van der Waals surface area (Å²) in [5, 5.41) is 3.26. The fourth-order valence-corrected chi connectivity index (χ4v) is 12.5. The van der Waals surface area contributed by atoms with Crippen LogP contribution in [0.5, 0.6) is 0 Å². The summed E-state index contributed by atoms with van der Waals surface area (Å²) in [6, 6.07) is 0. The zero-order valence-electron chi connectivity index (χ0n) is 51.4. The molecule has 0 bridgehead atoms. The van der Waals surface area contributed by atoms with Crippen molar-refractivity contribution in [2.45, 2.75) is 318 Å². The molecular formula is C65H121N3O8. The Bertz CT molecular complexity index is 1480. The molecule has 2 amide bonds. The van der Waals surface area contributed by atoms with Crippen molar-refractivity contribution in [1.29, 1.82) is 0 Å². The van der Waals surface area contributed by atoms with Crippen LogP contribution in [0.3, 0.4) is 0 Å². The Balaban J connectivity index is 2.44. The van der Waals surface area contributed by atoms with Crippen LogP contribution in [0.25, 0.3) is 0 Å². The molecule has 1 N–H and O–H groups in total. The minimum Gasteiger partial charge on any atom is -0.462 e. The fraction of sp³-hybridized carbons (Fsp3) is 0.923. The molecule has 2 aliphatic rings. The number of hydrogen-bond acceptors (Lipinski definition) is 9. The molecule has 2 aliphatic carbocycles. The summed E-state index contributed by atoms with van der Waals surface area (Å²) in [7, 11) is 0. The van der Waals surface area contributed by atoms with E-state index >= 15 is 9.59 Å². The minimum atomic E-state index is -1.31. The Morgan fingerprint density at radius 2 is 0.961 bits per heavy atom. The number of rotatable bonds is 44. The van der Waals surface area contributed by atoms with Gasteiger partial charge in [0.15, 0.2) is 0 Å². The quantitative estimate of drug-likeness (QED) is 0.0360. The molecule has 0 aromatic carbocycles. The third-order valence-electron chi connectivity index (χ3n) is 17.6. The summed E-state index contributed by atoms with van der Waals surface area (Å²) >= 11 is 0. The maximum absolute atomic E-state index is 15.2. The van der Waals surface area contributed by atoms with Crippen molar-refractivity contribution in [3.05, 3.63) is 0 Å². The van der Waals surface area contributed by atoms with Gasteiger partial charge in [-0.2, -0.15) is 0 Å². The van der Waals surface area contributed by atoms with E-state index in [9.17, 15) is 14.4 Å². The number of hydrogen-bond donors (Lipinski definition) is 1. The number of nitrogens with zero attached hydrogens (tertiary/aromatic N) is 2. The van der Waals surface area contributed by atoms with Crippen LogP contribution in [-0.2, 0) is 38.2 Å². The molecule has 0 saturated heterocycles. The van der Waals surface area contributed by atoms with Crippen molar-refractivity contribution >= 4 is 29.7 Å². The number of carbonyl (C=O) groups is 5. The van der Waals surface area contributed by atoms with E-state index in [-0.39, 0.29) is 86.6 Å². The van der Waals surface area contributed by atoms with Crippen LogP contribution < -0.4 is 5.32 Å². The number of carbonyl (C=O) groups excluding carboxylic acids is 5. The van der Waals surface area contributed by atoms with Crippen LogP contribution in [0.1, 0.15) is 294 Å². The van der Waals surface area contributed by atoms with Gasteiger partial charge in [0.1, 0.15) is 23.9 Å². The first-order valence-electron chi connectivity index (χ1n) is 32.4. The van der Waals surface area contributed by atoms with E-state index in [4.69, 9.17) is 14.2 Å². The van der Waals surface area contributed by atoms with Gasteiger partial charge in [-0.3, -0.25) is 24.0 Å². The SMILES string of the molecule is CCCCCCCCC(CCCCCCCC)OC(=O)CCCCC(=O)N(CCCCN(CC)CC)C(CCCC(=O)OC1CC(C)CCC1C(C)C)(CCCC(=O)OC1CC(C)CCC1C(C)C)C(=O)NCCCC. The normalized spacial score (nSPS) is 20.7. The molecule has 0 heterocycles. The van der Waals surface area contributed by atoms with Crippen molar-refractivity contribution < 1.29 is 38.2 Å². The molecule has 11 heteroatoms. The van der Waals surface area contributed by atoms with Gasteiger partial charge >= 0.3 is 17.9 Å². The van der Waals surface area contributed by atoms with Gasteiger partial charge in [0.25, 0.3) is 0 Å². The predicted molar refractivity (Wildman–Crippen MR) is 314 cm³/mol. The number of amides is 2. The van der Waals surface area contributed by atoms with E-state index in [1.807, 2.05) is 4.90 Å². The topological polar surface area (TPSA) is 132 Å². The summed E-state index contributed by atoms with van der Waals surface area (Å²) in [6.07, 6.45) is 28.3. The Labute approximate surface area is 467 Å². The summed E-state index contributed by atoms with van der Waals surface area (Å²) < 4.78 is 18.8. The van der Waals surface area contributed by atoms with E-state index in [0.717, 1.165) is 103 Å². The van der Waals surface area contributed by atoms with E-state index in [1.54, 1.807) is 0 Å². The molecule has 11 nitrogen and oxygen atoms in total. The van der Waals surface area contributed by atoms with Crippen LogP contribution >= 0.6 is 0 Å². The zero-order valence-corrected chi connectivity index (χ0v) is 51.4. The van der Waals surface area contributed by atoms with Gasteiger partial charge in [0, 0.05) is 38.8 Å². The van der Waals surface area contributed by atoms with E-state index in [0.29, 0.717) is 80.7 Å². The first kappa shape index (κ1) is 69.4. The highest BCUT2D eigenvalue weighted by Gasteiger charge is 2.46. The standard InChI is InChI=1S/C65H121N3O8/c1-12-17-20-22-24-26-34-55(35-27-25-23-21-18-13-2)74-61(70)37-29-28-36-60(69)68(48-31-30-47-67(15-4)16-5)65(64(73)66-46-19-14-3,44-32-38-62(71)75-58-49-53(10)40-42-56(58)51(6)7)45-33-39-63(72)76-59-50-54(11)41-43-57(59)52(8)9/h51-59H,12-50H2,1-11H3,(H,66,73). The first-order valence-corrected chi connectivity index (χ1v) is 32.4. The monoisotopic (exact) mass is 1070 g/mol. The third-order valence-corrected chi connectivity index (χ3v) is 17.6. The molecule has 6 atom stereocenters. The number of nitrogens with one attached hydrogen (secondary N) is 1. The minimum absolute atomic E-state index is 0.0644. The first-order chi connectivity index (χ1) is 36.5. The largest absolute Gasteiger partial charge is 0.462 e. The third kappa shape index (κ3) is 27.9. The molecule has 0 aromatic rings. The van der Waals surface area contributed by atoms with Gasteiger partial charge in [-0.05, 0) is 164 Å². The molecule has 0 aromatic heterocycles. The van der Waals surface area contributed by atoms with Crippen molar-refractivity contribution in [3.8, 4) is 0 Å². The van der Waals surface area contributed by atoms with Crippen molar-refractivity contribution in [3.63, 3.8) is 0 Å². The number of ether oxygens (including phenoxy) is 3. The highest BCUT2D eigenvalue weighted by molar-refractivity contribution is 5.91. The van der Waals surface area contributed by atoms with Crippen molar-refractivity contribution in [2.24, 2.45) is 35.5 Å². The Kier molecular flexibility index (Phi) is 37.8. The lowest BCUT2D eigenvalue weighted by Gasteiger charge is -2.44. The van der Waals surface area contributed by atoms with Gasteiger partial charge in [-0.15, -0.1) is 0 Å². The van der Waals surface area contributed by atoms with Gasteiger partial charge in [-0.1, -0.05) is 160 Å². The molecule has 76 heavy (non-hydrogen) atoms. The van der Waals surface area contributed by atoms with Crippen LogP contribution in [0.2, 0.25) is 0 Å². The zero-order chi connectivity index (χ0) is 56.1. The lowest BCUT2D eigenvalue weighted by atomic mass is 9.75. The molecule has 0 spiro atoms. The molecular weight excluding hydrogens is 951 g/mol. The second kappa shape index (κ2) is 41.3. The second-order valence-electron chi connectivity index (χ2n) is 24.8. The predicted octanol–water partition coefficient (Wildman–Crippen LogP) is 15.9. The summed E-state index contributed by atoms with van der Waals surface area (Å²) in [4.78, 5) is 75.8. The van der Waals surface area contributed by atoms with Gasteiger partial charge < -0.3 is 29.3 Å². The summed E-state index contributed by atoms with van der Waals surface area (Å²) in [6.45, 7) is 27.8. The van der Waals surface area contributed by atoms with E-state index in [2.05, 4.69) is 86.4 Å². The Morgan fingerprint density at radius 1 is 0.513 bits per heavy atom. The Morgan fingerprint density at radius 3 is 1.43 bits per heavy atom. The van der Waals surface area contributed by atoms with Crippen LogP contribution in [0.4, 0.5) is 0 Å². The highest BCUT2D eigenvalue weighted by atomic mass is 16.6. The van der Waals surface area contributed by atoms with Gasteiger partial charge in [0.05, 0.1) is 0 Å². The van der Waals surface area contributed by atoms with E-state index in [1.165, 1.54) is 64.2 Å². The van der Waals surface area contributed by atoms with Crippen molar-refractivity contribution in [1.82, 2.24) is 15.1 Å². The molecule has 0 radical (unpaired) electrons. The maximum Gasteiger partial charge on any atom is 0.306 e. The maximum atomic E-state index is 15.2. The molecule has 2 saturated carbocycles. The van der Waals surface area contributed by atoms with Crippen LogP contribution in [0.15, 0.2) is 0 Å². The van der Waals surface area contributed by atoms with Gasteiger partial charge in [0.2, 0.25) is 11.8 Å². The number of esters is 3. The average molecular weight is 1070 g/mol. The fourth-order valence-electron chi connectivity index (χ4n) is 12.5. The lowest BCUT2D eigenvalue weighted by Crippen LogP contribution is -2.61. The Hall–Kier alpha value is -2.69. The average Bonchev–Trinajstić information content (AvgIpc) is 3.37. The summed E-state index contributed by atoms with van der Waals surface area (Å²) in [5.74, 6) is 1.41. The summed E-state index contributed by atoms with van der Waals surface area (Å²) in [5.41, 5.74) is -1.31.